The third-order valence-corrected chi connectivity index (χ3v) is 5.28. The number of hydrogen-bond donors (Lipinski definition) is 2. The number of anilines is 1. The SMILES string of the molecule is C[C@H](c1ccccn1)N1CCNC(=O)c2ccc(-n3c(=O)[nH]c4ncccc43)nc21. The first kappa shape index (κ1) is 18.0. The maximum atomic E-state index is 12.6. The highest BCUT2D eigenvalue weighted by Gasteiger charge is 2.27. The molecule has 4 aromatic rings. The van der Waals surface area contributed by atoms with E-state index in [-0.39, 0.29) is 17.6 Å². The molecular formula is C21H19N7O2. The van der Waals surface area contributed by atoms with Crippen LogP contribution < -0.4 is 15.9 Å². The Hall–Kier alpha value is -4.01. The first-order valence-corrected chi connectivity index (χ1v) is 9.66. The fraction of sp³-hybridized carbons (Fsp3) is 0.190. The zero-order valence-corrected chi connectivity index (χ0v) is 16.2. The zero-order valence-electron chi connectivity index (χ0n) is 16.2. The summed E-state index contributed by atoms with van der Waals surface area (Å²) in [6.07, 6.45) is 3.37. The Labute approximate surface area is 171 Å². The molecule has 0 aliphatic carbocycles. The number of fused-ring (bicyclic) bond motifs is 2. The van der Waals surface area contributed by atoms with Crippen LogP contribution in [0.25, 0.3) is 17.0 Å². The van der Waals surface area contributed by atoms with Crippen LogP contribution in [0.3, 0.4) is 0 Å². The van der Waals surface area contributed by atoms with Crippen molar-refractivity contribution >= 4 is 22.9 Å². The van der Waals surface area contributed by atoms with E-state index in [1.807, 2.05) is 30.0 Å². The van der Waals surface area contributed by atoms with Crippen molar-refractivity contribution in [2.45, 2.75) is 13.0 Å². The standard InChI is InChI=1S/C21H19N7O2/c1-13(15-5-2-3-9-22-15)27-12-11-24-20(29)14-7-8-17(25-19(14)27)28-16-6-4-10-23-18(16)26-21(28)30/h2-10,13H,11-12H2,1H3,(H,24,29)(H,23,26,30)/t13-/m1/s1. The number of rotatable bonds is 3. The van der Waals surface area contributed by atoms with Gasteiger partial charge in [-0.1, -0.05) is 6.07 Å². The quantitative estimate of drug-likeness (QED) is 0.542. The van der Waals surface area contributed by atoms with Gasteiger partial charge in [0.05, 0.1) is 22.8 Å². The normalized spacial score (nSPS) is 14.8. The lowest BCUT2D eigenvalue weighted by molar-refractivity contribution is 0.0957. The molecule has 150 valence electrons. The minimum atomic E-state index is -0.335. The van der Waals surface area contributed by atoms with Gasteiger partial charge in [-0.3, -0.25) is 14.8 Å². The molecule has 1 aliphatic heterocycles. The number of nitrogens with one attached hydrogen (secondary N) is 2. The molecule has 0 unspecified atom stereocenters. The number of imidazole rings is 1. The molecule has 5 heterocycles. The number of hydrogen-bond acceptors (Lipinski definition) is 6. The number of aromatic nitrogens is 5. The Kier molecular flexibility index (Phi) is 4.27. The molecule has 0 radical (unpaired) electrons. The maximum absolute atomic E-state index is 12.6. The third-order valence-electron chi connectivity index (χ3n) is 5.28. The van der Waals surface area contributed by atoms with E-state index < -0.39 is 0 Å². The van der Waals surface area contributed by atoms with Gasteiger partial charge in [-0.2, -0.15) is 0 Å². The highest BCUT2D eigenvalue weighted by molar-refractivity contribution is 5.99. The van der Waals surface area contributed by atoms with Crippen molar-refractivity contribution in [2.24, 2.45) is 0 Å². The summed E-state index contributed by atoms with van der Waals surface area (Å²) in [5.41, 5.74) is 2.11. The summed E-state index contributed by atoms with van der Waals surface area (Å²) in [4.78, 5) is 43.4. The summed E-state index contributed by atoms with van der Waals surface area (Å²) < 4.78 is 1.47. The Balaban J connectivity index is 1.68. The van der Waals surface area contributed by atoms with Crippen molar-refractivity contribution in [3.05, 3.63) is 76.6 Å². The van der Waals surface area contributed by atoms with Crippen molar-refractivity contribution in [1.29, 1.82) is 0 Å². The zero-order chi connectivity index (χ0) is 20.7. The molecule has 0 saturated heterocycles. The second-order valence-electron chi connectivity index (χ2n) is 7.06. The first-order valence-electron chi connectivity index (χ1n) is 9.66. The molecule has 0 bridgehead atoms. The molecule has 30 heavy (non-hydrogen) atoms. The molecular weight excluding hydrogens is 382 g/mol. The minimum Gasteiger partial charge on any atom is -0.350 e. The van der Waals surface area contributed by atoms with Crippen LogP contribution >= 0.6 is 0 Å². The van der Waals surface area contributed by atoms with E-state index in [1.165, 1.54) is 4.57 Å². The van der Waals surface area contributed by atoms with Gasteiger partial charge >= 0.3 is 5.69 Å². The molecule has 2 N–H and O–H groups in total. The van der Waals surface area contributed by atoms with Crippen molar-refractivity contribution in [2.75, 3.05) is 18.0 Å². The van der Waals surface area contributed by atoms with Crippen LogP contribution in [0.2, 0.25) is 0 Å². The second-order valence-corrected chi connectivity index (χ2v) is 7.06. The molecule has 1 amide bonds. The molecule has 5 rings (SSSR count). The number of carbonyl (C=O) groups is 1. The topological polar surface area (TPSA) is 109 Å². The fourth-order valence-electron chi connectivity index (χ4n) is 3.78. The predicted molar refractivity (Wildman–Crippen MR) is 112 cm³/mol. The van der Waals surface area contributed by atoms with Crippen molar-refractivity contribution in [3.63, 3.8) is 0 Å². The molecule has 0 aromatic carbocycles. The first-order chi connectivity index (χ1) is 14.6. The minimum absolute atomic E-state index is 0.109. The lowest BCUT2D eigenvalue weighted by atomic mass is 10.1. The van der Waals surface area contributed by atoms with Crippen LogP contribution in [0.1, 0.15) is 29.0 Å². The molecule has 9 heteroatoms. The van der Waals surface area contributed by atoms with Crippen molar-refractivity contribution in [1.82, 2.24) is 29.8 Å². The highest BCUT2D eigenvalue weighted by atomic mass is 16.2. The van der Waals surface area contributed by atoms with Gasteiger partial charge in [0.2, 0.25) is 0 Å². The molecule has 0 saturated carbocycles. The van der Waals surface area contributed by atoms with Crippen LogP contribution in [-0.2, 0) is 0 Å². The Morgan fingerprint density at radius 2 is 1.90 bits per heavy atom. The average molecular weight is 401 g/mol. The van der Waals surface area contributed by atoms with E-state index >= 15 is 0 Å². The van der Waals surface area contributed by atoms with E-state index in [0.29, 0.717) is 41.5 Å². The highest BCUT2D eigenvalue weighted by Crippen LogP contribution is 2.29. The summed E-state index contributed by atoms with van der Waals surface area (Å²) >= 11 is 0. The smallest absolute Gasteiger partial charge is 0.333 e. The van der Waals surface area contributed by atoms with Crippen LogP contribution in [0.4, 0.5) is 5.82 Å². The number of aromatic amines is 1. The van der Waals surface area contributed by atoms with Gasteiger partial charge in [-0.15, -0.1) is 0 Å². The van der Waals surface area contributed by atoms with E-state index in [2.05, 4.69) is 20.3 Å². The predicted octanol–water partition coefficient (Wildman–Crippen LogP) is 1.81. The molecule has 1 atom stereocenters. The van der Waals surface area contributed by atoms with Gasteiger partial charge in [-0.05, 0) is 43.3 Å². The summed E-state index contributed by atoms with van der Waals surface area (Å²) in [5.74, 6) is 0.754. The third kappa shape index (κ3) is 2.91. The van der Waals surface area contributed by atoms with Crippen LogP contribution in [-0.4, -0.2) is 43.5 Å². The van der Waals surface area contributed by atoms with Gasteiger partial charge in [0, 0.05) is 25.5 Å². The number of carbonyl (C=O) groups excluding carboxylic acids is 1. The summed E-state index contributed by atoms with van der Waals surface area (Å²) in [6, 6.07) is 12.6. The molecule has 0 fully saturated rings. The molecule has 0 spiro atoms. The number of pyridine rings is 3. The van der Waals surface area contributed by atoms with Crippen LogP contribution in [0.15, 0.2) is 59.7 Å². The van der Waals surface area contributed by atoms with Gasteiger partial charge in [0.15, 0.2) is 5.65 Å². The number of amides is 1. The Bertz CT molecular complexity index is 1300. The number of nitrogens with zero attached hydrogens (tertiary/aromatic N) is 5. The summed E-state index contributed by atoms with van der Waals surface area (Å²) in [7, 11) is 0. The lowest BCUT2D eigenvalue weighted by Gasteiger charge is -2.29. The number of H-pyrrole nitrogens is 1. The van der Waals surface area contributed by atoms with Gasteiger partial charge in [-0.25, -0.2) is 19.3 Å². The molecule has 9 nitrogen and oxygen atoms in total. The van der Waals surface area contributed by atoms with Crippen LogP contribution in [0, 0.1) is 0 Å². The largest absolute Gasteiger partial charge is 0.350 e. The van der Waals surface area contributed by atoms with Gasteiger partial charge < -0.3 is 10.2 Å². The second kappa shape index (κ2) is 7.11. The maximum Gasteiger partial charge on any atom is 0.333 e. The summed E-state index contributed by atoms with van der Waals surface area (Å²) in [5, 5.41) is 2.91. The Morgan fingerprint density at radius 1 is 1.03 bits per heavy atom. The molecule has 1 aliphatic rings. The van der Waals surface area contributed by atoms with E-state index in [0.717, 1.165) is 5.69 Å². The lowest BCUT2D eigenvalue weighted by Crippen LogP contribution is -2.33. The average Bonchev–Trinajstić information content (AvgIpc) is 3.02. The summed E-state index contributed by atoms with van der Waals surface area (Å²) in [6.45, 7) is 3.08. The van der Waals surface area contributed by atoms with Crippen molar-refractivity contribution in [3.8, 4) is 5.82 Å². The van der Waals surface area contributed by atoms with Crippen LogP contribution in [0.5, 0.6) is 0 Å². The van der Waals surface area contributed by atoms with Gasteiger partial charge in [0.25, 0.3) is 5.91 Å². The van der Waals surface area contributed by atoms with Crippen molar-refractivity contribution < 1.29 is 4.79 Å². The fourth-order valence-corrected chi connectivity index (χ4v) is 3.78. The monoisotopic (exact) mass is 401 g/mol. The van der Waals surface area contributed by atoms with E-state index in [4.69, 9.17) is 4.98 Å². The van der Waals surface area contributed by atoms with E-state index in [1.54, 1.807) is 36.7 Å². The van der Waals surface area contributed by atoms with Gasteiger partial charge in [0.1, 0.15) is 11.6 Å². The Morgan fingerprint density at radius 3 is 2.73 bits per heavy atom. The molecule has 4 aromatic heterocycles. The van der Waals surface area contributed by atoms with E-state index in [9.17, 15) is 9.59 Å².